The maximum Gasteiger partial charge on any atom is 0.338 e. The Labute approximate surface area is 159 Å². The number of carbonyl (C=O) groups excluding carboxylic acids is 3. The van der Waals surface area contributed by atoms with E-state index < -0.39 is 40.3 Å². The van der Waals surface area contributed by atoms with Crippen molar-refractivity contribution >= 4 is 27.7 Å². The molecule has 0 aromatic heterocycles. The summed E-state index contributed by atoms with van der Waals surface area (Å²) in [5, 5.41) is 2.48. The summed E-state index contributed by atoms with van der Waals surface area (Å²) in [6.45, 7) is 3.25. The lowest BCUT2D eigenvalue weighted by Gasteiger charge is -2.18. The van der Waals surface area contributed by atoms with Gasteiger partial charge in [-0.05, 0) is 30.0 Å². The van der Waals surface area contributed by atoms with Crippen LogP contribution in [0.1, 0.15) is 36.2 Å². The number of methoxy groups -OCH3 is 1. The van der Waals surface area contributed by atoms with Crippen molar-refractivity contribution in [1.29, 1.82) is 0 Å². The summed E-state index contributed by atoms with van der Waals surface area (Å²) < 4.78 is 32.1. The van der Waals surface area contributed by atoms with Crippen molar-refractivity contribution < 1.29 is 32.3 Å². The van der Waals surface area contributed by atoms with E-state index in [1.165, 1.54) is 31.4 Å². The summed E-state index contributed by atoms with van der Waals surface area (Å²) in [4.78, 5) is 35.6. The van der Waals surface area contributed by atoms with Crippen molar-refractivity contribution in [2.45, 2.75) is 32.1 Å². The molecular weight excluding hydrogens is 374 g/mol. The molecule has 0 radical (unpaired) electrons. The zero-order valence-corrected chi connectivity index (χ0v) is 16.7. The molecule has 1 aromatic rings. The van der Waals surface area contributed by atoms with E-state index in [9.17, 15) is 22.8 Å². The summed E-state index contributed by atoms with van der Waals surface area (Å²) in [7, 11) is -1.94. The van der Waals surface area contributed by atoms with Crippen LogP contribution in [0.2, 0.25) is 0 Å². The Morgan fingerprint density at radius 1 is 1.11 bits per heavy atom. The van der Waals surface area contributed by atoms with E-state index in [0.29, 0.717) is 12.0 Å². The number of carbonyl (C=O) groups is 3. The van der Waals surface area contributed by atoms with Gasteiger partial charge in [-0.1, -0.05) is 26.0 Å². The topological polar surface area (TPSA) is 116 Å². The van der Waals surface area contributed by atoms with Gasteiger partial charge in [0.15, 0.2) is 16.4 Å². The molecule has 150 valence electrons. The fourth-order valence-corrected chi connectivity index (χ4v) is 3.12. The van der Waals surface area contributed by atoms with Crippen molar-refractivity contribution in [2.75, 3.05) is 20.0 Å². The first-order valence-corrected chi connectivity index (χ1v) is 10.4. The molecule has 0 aliphatic rings. The Morgan fingerprint density at radius 3 is 2.19 bits per heavy atom. The van der Waals surface area contributed by atoms with Gasteiger partial charge >= 0.3 is 11.9 Å². The van der Waals surface area contributed by atoms with Gasteiger partial charge < -0.3 is 14.8 Å². The first-order chi connectivity index (χ1) is 12.5. The lowest BCUT2D eigenvalue weighted by molar-refractivity contribution is -0.145. The molecule has 1 atom stereocenters. The number of ether oxygens (including phenoxy) is 2. The Morgan fingerprint density at radius 2 is 1.70 bits per heavy atom. The van der Waals surface area contributed by atoms with E-state index in [1.807, 2.05) is 13.8 Å². The van der Waals surface area contributed by atoms with E-state index in [4.69, 9.17) is 4.74 Å². The van der Waals surface area contributed by atoms with Gasteiger partial charge in [-0.25, -0.2) is 18.0 Å². The second kappa shape index (κ2) is 10.1. The molecule has 0 saturated carbocycles. The minimum Gasteiger partial charge on any atom is -0.467 e. The molecule has 1 aromatic carbocycles. The van der Waals surface area contributed by atoms with Crippen LogP contribution in [0.5, 0.6) is 0 Å². The Bertz CT molecular complexity index is 769. The van der Waals surface area contributed by atoms with Crippen LogP contribution < -0.4 is 5.32 Å². The second-order valence-corrected chi connectivity index (χ2v) is 8.76. The van der Waals surface area contributed by atoms with Crippen molar-refractivity contribution in [3.63, 3.8) is 0 Å². The largest absolute Gasteiger partial charge is 0.467 e. The van der Waals surface area contributed by atoms with Gasteiger partial charge in [0.1, 0.15) is 6.04 Å². The van der Waals surface area contributed by atoms with E-state index >= 15 is 0 Å². The molecule has 1 amide bonds. The molecule has 9 heteroatoms. The monoisotopic (exact) mass is 399 g/mol. The average molecular weight is 399 g/mol. The van der Waals surface area contributed by atoms with Crippen LogP contribution in [0.25, 0.3) is 0 Å². The van der Waals surface area contributed by atoms with Crippen LogP contribution in [-0.4, -0.2) is 52.3 Å². The minimum absolute atomic E-state index is 0.129. The maximum atomic E-state index is 12.0. The zero-order chi connectivity index (χ0) is 20.6. The molecule has 0 unspecified atom stereocenters. The molecule has 0 aliphatic heterocycles. The lowest BCUT2D eigenvalue weighted by Crippen LogP contribution is -2.44. The van der Waals surface area contributed by atoms with E-state index in [0.717, 1.165) is 6.26 Å². The van der Waals surface area contributed by atoms with Gasteiger partial charge in [0.2, 0.25) is 0 Å². The van der Waals surface area contributed by atoms with Crippen LogP contribution in [-0.2, 0) is 34.7 Å². The molecule has 0 fully saturated rings. The number of hydrogen-bond donors (Lipinski definition) is 1. The summed E-state index contributed by atoms with van der Waals surface area (Å²) in [6.07, 6.45) is 1.52. The highest BCUT2D eigenvalue weighted by atomic mass is 32.2. The van der Waals surface area contributed by atoms with Crippen molar-refractivity contribution in [1.82, 2.24) is 5.32 Å². The molecule has 0 saturated heterocycles. The average Bonchev–Trinajstić information content (AvgIpc) is 2.57. The summed E-state index contributed by atoms with van der Waals surface area (Å²) in [5.41, 5.74) is 0.730. The summed E-state index contributed by atoms with van der Waals surface area (Å²) >= 11 is 0. The maximum absolute atomic E-state index is 12.0. The predicted molar refractivity (Wildman–Crippen MR) is 98.7 cm³/mol. The quantitative estimate of drug-likeness (QED) is 0.618. The molecule has 1 rings (SSSR count). The van der Waals surface area contributed by atoms with Gasteiger partial charge in [-0.3, -0.25) is 4.79 Å². The highest BCUT2D eigenvalue weighted by Crippen LogP contribution is 2.09. The number of nitrogens with one attached hydrogen (secondary N) is 1. The molecule has 1 N–H and O–H groups in total. The Balaban J connectivity index is 2.59. The molecule has 0 bridgehead atoms. The van der Waals surface area contributed by atoms with E-state index in [-0.39, 0.29) is 17.2 Å². The molecule has 0 spiro atoms. The van der Waals surface area contributed by atoms with Crippen molar-refractivity contribution in [3.8, 4) is 0 Å². The molecule has 8 nitrogen and oxygen atoms in total. The fourth-order valence-electron chi connectivity index (χ4n) is 2.32. The number of esters is 2. The van der Waals surface area contributed by atoms with Gasteiger partial charge in [-0.2, -0.15) is 0 Å². The molecule has 0 aliphatic carbocycles. The highest BCUT2D eigenvalue weighted by molar-refractivity contribution is 7.89. The second-order valence-electron chi connectivity index (χ2n) is 6.62. The Hall–Kier alpha value is -2.42. The summed E-state index contributed by atoms with van der Waals surface area (Å²) in [6, 6.07) is 5.06. The highest BCUT2D eigenvalue weighted by Gasteiger charge is 2.23. The molecular formula is C18H25NO7S. The van der Waals surface area contributed by atoms with Gasteiger partial charge in [0.05, 0.1) is 18.4 Å². The molecule has 0 heterocycles. The standard InChI is InChI=1S/C18H25NO7S/c1-12(2)9-15(18(22)25-3)19-16(20)10-26-17(21)14-7-5-13(6-8-14)11-27(4,23)24/h5-8,12,15H,9-11H2,1-4H3,(H,19,20)/t15-/m0/s1. The lowest BCUT2D eigenvalue weighted by atomic mass is 10.0. The minimum atomic E-state index is -3.17. The predicted octanol–water partition coefficient (Wildman–Crippen LogP) is 1.09. The normalized spacial score (nSPS) is 12.3. The summed E-state index contributed by atoms with van der Waals surface area (Å²) in [5.74, 6) is -1.88. The number of rotatable bonds is 9. The van der Waals surface area contributed by atoms with Crippen LogP contribution in [0, 0.1) is 5.92 Å². The first kappa shape index (κ1) is 22.6. The molecule has 27 heavy (non-hydrogen) atoms. The van der Waals surface area contributed by atoms with Gasteiger partial charge in [0.25, 0.3) is 5.91 Å². The number of amides is 1. The number of sulfone groups is 1. The van der Waals surface area contributed by atoms with Crippen LogP contribution >= 0.6 is 0 Å². The van der Waals surface area contributed by atoms with Gasteiger partial charge in [-0.15, -0.1) is 0 Å². The van der Waals surface area contributed by atoms with Crippen LogP contribution in [0.15, 0.2) is 24.3 Å². The number of hydrogen-bond acceptors (Lipinski definition) is 7. The van der Waals surface area contributed by atoms with Gasteiger partial charge in [0, 0.05) is 6.26 Å². The smallest absolute Gasteiger partial charge is 0.338 e. The van der Waals surface area contributed by atoms with Crippen molar-refractivity contribution in [2.24, 2.45) is 5.92 Å². The SMILES string of the molecule is COC(=O)[C@H](CC(C)C)NC(=O)COC(=O)c1ccc(CS(C)(=O)=O)cc1. The fraction of sp³-hybridized carbons (Fsp3) is 0.500. The Kier molecular flexibility index (Phi) is 8.42. The first-order valence-electron chi connectivity index (χ1n) is 8.32. The third-order valence-electron chi connectivity index (χ3n) is 3.48. The third kappa shape index (κ3) is 8.67. The van der Waals surface area contributed by atoms with Crippen LogP contribution in [0.4, 0.5) is 0 Å². The van der Waals surface area contributed by atoms with E-state index in [2.05, 4.69) is 10.1 Å². The number of benzene rings is 1. The zero-order valence-electron chi connectivity index (χ0n) is 15.9. The third-order valence-corrected chi connectivity index (χ3v) is 4.34. The van der Waals surface area contributed by atoms with E-state index in [1.54, 1.807) is 0 Å². The van der Waals surface area contributed by atoms with Crippen molar-refractivity contribution in [3.05, 3.63) is 35.4 Å². The van der Waals surface area contributed by atoms with Crippen LogP contribution in [0.3, 0.4) is 0 Å².